The van der Waals surface area contributed by atoms with E-state index in [1.165, 1.54) is 0 Å². The third-order valence-corrected chi connectivity index (χ3v) is 4.09. The molecule has 2 nitrogen and oxygen atoms in total. The van der Waals surface area contributed by atoms with E-state index in [2.05, 4.69) is 15.9 Å². The number of pyridine rings is 1. The van der Waals surface area contributed by atoms with Crippen molar-refractivity contribution in [2.24, 2.45) is 0 Å². The molecule has 3 heteroatoms. The summed E-state index contributed by atoms with van der Waals surface area (Å²) in [6.45, 7) is 2.04. The number of hydrogen-bond donors (Lipinski definition) is 0. The number of rotatable bonds is 2. The summed E-state index contributed by atoms with van der Waals surface area (Å²) in [7, 11) is 0. The lowest BCUT2D eigenvalue weighted by Crippen LogP contribution is -2.23. The number of benzene rings is 2. The second-order valence-electron chi connectivity index (χ2n) is 4.85. The maximum absolute atomic E-state index is 12.6. The first kappa shape index (κ1) is 13.1. The molecule has 3 rings (SSSR count). The molecule has 0 aliphatic carbocycles. The fourth-order valence-electron chi connectivity index (χ4n) is 2.43. The van der Waals surface area contributed by atoms with Crippen molar-refractivity contribution in [2.75, 3.05) is 0 Å². The minimum absolute atomic E-state index is 0.0248. The summed E-state index contributed by atoms with van der Waals surface area (Å²) in [6, 6.07) is 17.8. The highest BCUT2D eigenvalue weighted by Gasteiger charge is 2.10. The third-order valence-electron chi connectivity index (χ3n) is 3.59. The minimum atomic E-state index is 0.0248. The average Bonchev–Trinajstić information content (AvgIpc) is 2.48. The Bertz CT molecular complexity index is 808. The van der Waals surface area contributed by atoms with Crippen LogP contribution in [-0.2, 0) is 0 Å². The lowest BCUT2D eigenvalue weighted by Gasteiger charge is -2.16. The number of hydrogen-bond acceptors (Lipinski definition) is 1. The number of halogens is 1. The van der Waals surface area contributed by atoms with Crippen molar-refractivity contribution in [3.05, 3.63) is 81.2 Å². The monoisotopic (exact) mass is 327 g/mol. The lowest BCUT2D eigenvalue weighted by molar-refractivity contribution is 0.619. The molecule has 1 unspecified atom stereocenters. The molecule has 0 fully saturated rings. The van der Waals surface area contributed by atoms with Crippen LogP contribution in [0.15, 0.2) is 70.1 Å². The van der Waals surface area contributed by atoms with Crippen molar-refractivity contribution in [1.82, 2.24) is 4.57 Å². The van der Waals surface area contributed by atoms with Crippen molar-refractivity contribution in [2.45, 2.75) is 13.0 Å². The van der Waals surface area contributed by atoms with Crippen LogP contribution in [0.25, 0.3) is 10.8 Å². The van der Waals surface area contributed by atoms with Crippen LogP contribution >= 0.6 is 15.9 Å². The molecule has 3 aromatic rings. The van der Waals surface area contributed by atoms with Crippen molar-refractivity contribution >= 4 is 26.7 Å². The van der Waals surface area contributed by atoms with Gasteiger partial charge in [-0.1, -0.05) is 46.3 Å². The highest BCUT2D eigenvalue weighted by Crippen LogP contribution is 2.20. The molecule has 0 amide bonds. The first-order valence-corrected chi connectivity index (χ1v) is 7.31. The van der Waals surface area contributed by atoms with Crippen molar-refractivity contribution < 1.29 is 0 Å². The second-order valence-corrected chi connectivity index (χ2v) is 5.76. The Morgan fingerprint density at radius 1 is 1.05 bits per heavy atom. The van der Waals surface area contributed by atoms with Gasteiger partial charge >= 0.3 is 0 Å². The summed E-state index contributed by atoms with van der Waals surface area (Å²) < 4.78 is 2.77. The van der Waals surface area contributed by atoms with E-state index in [-0.39, 0.29) is 11.6 Å². The van der Waals surface area contributed by atoms with Crippen LogP contribution in [0, 0.1) is 0 Å². The first-order chi connectivity index (χ1) is 9.66. The van der Waals surface area contributed by atoms with E-state index in [4.69, 9.17) is 0 Å². The smallest absolute Gasteiger partial charge is 0.258 e. The van der Waals surface area contributed by atoms with Gasteiger partial charge in [0.1, 0.15) is 0 Å². The van der Waals surface area contributed by atoms with Gasteiger partial charge in [0.05, 0.1) is 6.04 Å². The Morgan fingerprint density at radius 2 is 1.80 bits per heavy atom. The highest BCUT2D eigenvalue weighted by atomic mass is 79.9. The Balaban J connectivity index is 2.16. The van der Waals surface area contributed by atoms with Gasteiger partial charge in [0.2, 0.25) is 0 Å². The molecule has 0 aliphatic heterocycles. The van der Waals surface area contributed by atoms with E-state index >= 15 is 0 Å². The van der Waals surface area contributed by atoms with E-state index in [0.717, 1.165) is 20.8 Å². The summed E-state index contributed by atoms with van der Waals surface area (Å²) in [5.41, 5.74) is 1.18. The van der Waals surface area contributed by atoms with E-state index in [9.17, 15) is 4.79 Å². The van der Waals surface area contributed by atoms with Crippen molar-refractivity contribution in [3.63, 3.8) is 0 Å². The highest BCUT2D eigenvalue weighted by molar-refractivity contribution is 9.10. The fourth-order valence-corrected chi connectivity index (χ4v) is 2.81. The van der Waals surface area contributed by atoms with Gasteiger partial charge < -0.3 is 4.57 Å². The Hall–Kier alpha value is -1.87. The molecule has 0 saturated heterocycles. The summed E-state index contributed by atoms with van der Waals surface area (Å²) in [5, 5.41) is 1.71. The molecule has 0 radical (unpaired) electrons. The summed E-state index contributed by atoms with van der Waals surface area (Å²) in [6.07, 6.45) is 1.87. The molecule has 20 heavy (non-hydrogen) atoms. The molecule has 0 bridgehead atoms. The van der Waals surface area contributed by atoms with Crippen LogP contribution in [0.3, 0.4) is 0 Å². The van der Waals surface area contributed by atoms with E-state index in [0.29, 0.717) is 0 Å². The molecule has 2 aromatic carbocycles. The number of nitrogens with zero attached hydrogens (tertiary/aromatic N) is 1. The number of fused-ring (bicyclic) bond motifs is 1. The zero-order valence-corrected chi connectivity index (χ0v) is 12.7. The van der Waals surface area contributed by atoms with Crippen LogP contribution in [0.5, 0.6) is 0 Å². The van der Waals surface area contributed by atoms with E-state index < -0.39 is 0 Å². The summed E-state index contributed by atoms with van der Waals surface area (Å²) in [4.78, 5) is 12.6. The third kappa shape index (κ3) is 2.29. The first-order valence-electron chi connectivity index (χ1n) is 6.52. The molecule has 1 atom stereocenters. The topological polar surface area (TPSA) is 22.0 Å². The molecule has 0 aliphatic rings. The molecule has 0 saturated carbocycles. The predicted octanol–water partition coefficient (Wildman–Crippen LogP) is 4.37. The van der Waals surface area contributed by atoms with Crippen LogP contribution in [0.4, 0.5) is 0 Å². The number of aromatic nitrogens is 1. The SMILES string of the molecule is CC(c1ccccc1)n1ccc2cc(Br)ccc2c1=O. The minimum Gasteiger partial charge on any atom is -0.308 e. The van der Waals surface area contributed by atoms with Crippen LogP contribution < -0.4 is 5.56 Å². The maximum Gasteiger partial charge on any atom is 0.258 e. The van der Waals surface area contributed by atoms with Crippen LogP contribution in [-0.4, -0.2) is 4.57 Å². The second kappa shape index (κ2) is 5.25. The largest absolute Gasteiger partial charge is 0.308 e. The Kier molecular flexibility index (Phi) is 3.45. The maximum atomic E-state index is 12.6. The predicted molar refractivity (Wildman–Crippen MR) is 86.2 cm³/mol. The van der Waals surface area contributed by atoms with Gasteiger partial charge in [-0.3, -0.25) is 4.79 Å². The zero-order chi connectivity index (χ0) is 14.1. The standard InChI is InChI=1S/C17H14BrNO/c1-12(13-5-3-2-4-6-13)19-10-9-14-11-15(18)7-8-16(14)17(19)20/h2-12H,1H3. The normalized spacial score (nSPS) is 12.5. The van der Waals surface area contributed by atoms with E-state index in [1.807, 2.05) is 67.7 Å². The van der Waals surface area contributed by atoms with Gasteiger partial charge in [-0.25, -0.2) is 0 Å². The van der Waals surface area contributed by atoms with Gasteiger partial charge in [0.25, 0.3) is 5.56 Å². The van der Waals surface area contributed by atoms with Gasteiger partial charge in [0.15, 0.2) is 0 Å². The van der Waals surface area contributed by atoms with Gasteiger partial charge in [-0.2, -0.15) is 0 Å². The zero-order valence-electron chi connectivity index (χ0n) is 11.1. The fraction of sp³-hybridized carbons (Fsp3) is 0.118. The average molecular weight is 328 g/mol. The quantitative estimate of drug-likeness (QED) is 0.684. The van der Waals surface area contributed by atoms with Crippen LogP contribution in [0.1, 0.15) is 18.5 Å². The molecule has 1 heterocycles. The summed E-state index contributed by atoms with van der Waals surface area (Å²) in [5.74, 6) is 0. The van der Waals surface area contributed by atoms with Crippen molar-refractivity contribution in [1.29, 1.82) is 0 Å². The molecule has 100 valence electrons. The molecule has 0 N–H and O–H groups in total. The van der Waals surface area contributed by atoms with Gasteiger partial charge in [-0.05, 0) is 42.1 Å². The van der Waals surface area contributed by atoms with Gasteiger partial charge in [-0.15, -0.1) is 0 Å². The van der Waals surface area contributed by atoms with Crippen molar-refractivity contribution in [3.8, 4) is 0 Å². The Labute approximate surface area is 125 Å². The molecular weight excluding hydrogens is 314 g/mol. The lowest BCUT2D eigenvalue weighted by atomic mass is 10.1. The summed E-state index contributed by atoms with van der Waals surface area (Å²) >= 11 is 3.43. The molecular formula is C17H14BrNO. The van der Waals surface area contributed by atoms with E-state index in [1.54, 1.807) is 4.57 Å². The molecule has 0 spiro atoms. The van der Waals surface area contributed by atoms with Crippen LogP contribution in [0.2, 0.25) is 0 Å². The molecule has 1 aromatic heterocycles. The van der Waals surface area contributed by atoms with Gasteiger partial charge in [0, 0.05) is 16.1 Å². The Morgan fingerprint density at radius 3 is 2.55 bits per heavy atom.